The van der Waals surface area contributed by atoms with Crippen LogP contribution in [0.4, 0.5) is 8.78 Å². The number of carbonyl (C=O) groups excluding carboxylic acids is 1. The molecule has 2 aromatic rings. The number of nitrogens with zero attached hydrogens (tertiary/aromatic N) is 2. The Morgan fingerprint density at radius 1 is 1.23 bits per heavy atom. The van der Waals surface area contributed by atoms with Crippen LogP contribution in [0.1, 0.15) is 41.6 Å². The number of methoxy groups -OCH3 is 1. The lowest BCUT2D eigenvalue weighted by Gasteiger charge is -2.30. The number of nitrogens with two attached hydrogens (primary N) is 1. The van der Waals surface area contributed by atoms with E-state index in [9.17, 15) is 13.6 Å². The van der Waals surface area contributed by atoms with Crippen molar-refractivity contribution in [3.8, 4) is 5.88 Å². The molecule has 7 heteroatoms. The van der Waals surface area contributed by atoms with E-state index in [1.54, 1.807) is 12.1 Å². The van der Waals surface area contributed by atoms with E-state index in [0.717, 1.165) is 18.4 Å². The lowest BCUT2D eigenvalue weighted by Crippen LogP contribution is -2.28. The molecule has 1 aliphatic carbocycles. The normalized spacial score (nSPS) is 16.2. The van der Waals surface area contributed by atoms with E-state index in [0.29, 0.717) is 18.8 Å². The highest BCUT2D eigenvalue weighted by Gasteiger charge is 2.42. The van der Waals surface area contributed by atoms with Gasteiger partial charge in [0.2, 0.25) is 11.6 Å². The van der Waals surface area contributed by atoms with Crippen LogP contribution in [0, 0.1) is 23.0 Å². The molecule has 1 amide bonds. The third kappa shape index (κ3) is 3.81. The number of carbonyl (C=O) groups is 1. The molecule has 1 aliphatic rings. The Labute approximate surface area is 150 Å². The summed E-state index contributed by atoms with van der Waals surface area (Å²) >= 11 is 0. The average Bonchev–Trinajstić information content (AvgIpc) is 3.44. The van der Waals surface area contributed by atoms with Crippen molar-refractivity contribution in [1.29, 1.82) is 0 Å². The summed E-state index contributed by atoms with van der Waals surface area (Å²) in [7, 11) is 1.28. The molecular formula is C19H21F2N3O2. The monoisotopic (exact) mass is 361 g/mol. The molecular weight excluding hydrogens is 340 g/mol. The largest absolute Gasteiger partial charge is 0.479 e. The summed E-state index contributed by atoms with van der Waals surface area (Å²) < 4.78 is 32.8. The summed E-state index contributed by atoms with van der Waals surface area (Å²) in [5, 5.41) is 0. The third-order valence-electron chi connectivity index (χ3n) is 4.96. The molecule has 0 spiro atoms. The Bertz CT molecular complexity index is 822. The van der Waals surface area contributed by atoms with Gasteiger partial charge < -0.3 is 10.5 Å². The van der Waals surface area contributed by atoms with Crippen LogP contribution in [-0.2, 0) is 12.8 Å². The van der Waals surface area contributed by atoms with Crippen molar-refractivity contribution in [1.82, 2.24) is 9.97 Å². The zero-order valence-corrected chi connectivity index (χ0v) is 14.8. The molecule has 0 aliphatic heterocycles. The van der Waals surface area contributed by atoms with Gasteiger partial charge in [0.25, 0.3) is 11.8 Å². The Hall–Kier alpha value is -2.57. The molecule has 3 rings (SSSR count). The Morgan fingerprint density at radius 2 is 1.88 bits per heavy atom. The van der Waals surface area contributed by atoms with Crippen molar-refractivity contribution in [2.24, 2.45) is 17.1 Å². The molecule has 0 bridgehead atoms. The first kappa shape index (κ1) is 18.2. The van der Waals surface area contributed by atoms with Gasteiger partial charge in [-0.3, -0.25) is 4.79 Å². The number of primary amides is 1. The van der Waals surface area contributed by atoms with Crippen LogP contribution in [0.3, 0.4) is 0 Å². The second kappa shape index (κ2) is 6.97. The fraction of sp³-hybridized carbons (Fsp3) is 0.421. The number of hydrogen-bond donors (Lipinski definition) is 1. The highest BCUT2D eigenvalue weighted by Crippen LogP contribution is 2.49. The molecule has 1 atom stereocenters. The maximum absolute atomic E-state index is 14.7. The van der Waals surface area contributed by atoms with E-state index < -0.39 is 11.7 Å². The van der Waals surface area contributed by atoms with Crippen LogP contribution >= 0.6 is 0 Å². The second-order valence-electron chi connectivity index (χ2n) is 7.09. The lowest BCUT2D eigenvalue weighted by molar-refractivity contribution is 0.0988. The zero-order chi connectivity index (χ0) is 18.9. The lowest BCUT2D eigenvalue weighted by atomic mass is 9.75. The molecule has 1 heterocycles. The molecule has 1 fully saturated rings. The Balaban J connectivity index is 1.94. The van der Waals surface area contributed by atoms with Crippen LogP contribution in [0.15, 0.2) is 24.3 Å². The summed E-state index contributed by atoms with van der Waals surface area (Å²) in [4.78, 5) is 19.2. The maximum Gasteiger partial charge on any atom is 0.286 e. The maximum atomic E-state index is 14.7. The van der Waals surface area contributed by atoms with Crippen molar-refractivity contribution in [3.05, 3.63) is 53.0 Å². The SMILES string of the molecule is COc1nc(C(N)=O)nc(C[C@](C)(Cc2ccc(F)cc2)C2CC2)c1F. The van der Waals surface area contributed by atoms with Crippen molar-refractivity contribution < 1.29 is 18.3 Å². The molecule has 0 radical (unpaired) electrons. The minimum absolute atomic E-state index is 0.113. The van der Waals surface area contributed by atoms with E-state index >= 15 is 0 Å². The number of ether oxygens (including phenoxy) is 1. The minimum atomic E-state index is -0.837. The first-order chi connectivity index (χ1) is 12.3. The van der Waals surface area contributed by atoms with Crippen molar-refractivity contribution in [2.45, 2.75) is 32.6 Å². The predicted octanol–water partition coefficient (Wildman–Crippen LogP) is 3.06. The molecule has 138 valence electrons. The molecule has 5 nitrogen and oxygen atoms in total. The topological polar surface area (TPSA) is 78.1 Å². The van der Waals surface area contributed by atoms with Gasteiger partial charge >= 0.3 is 0 Å². The number of amides is 1. The fourth-order valence-corrected chi connectivity index (χ4v) is 3.42. The first-order valence-corrected chi connectivity index (χ1v) is 8.47. The first-order valence-electron chi connectivity index (χ1n) is 8.47. The van der Waals surface area contributed by atoms with Gasteiger partial charge in [0.1, 0.15) is 5.82 Å². The van der Waals surface area contributed by atoms with E-state index in [4.69, 9.17) is 10.5 Å². The second-order valence-corrected chi connectivity index (χ2v) is 7.09. The molecule has 0 unspecified atom stereocenters. The van der Waals surface area contributed by atoms with Crippen molar-refractivity contribution in [3.63, 3.8) is 0 Å². The molecule has 26 heavy (non-hydrogen) atoms. The third-order valence-corrected chi connectivity index (χ3v) is 4.96. The number of rotatable bonds is 7. The Morgan fingerprint density at radius 3 is 2.42 bits per heavy atom. The van der Waals surface area contributed by atoms with Gasteiger partial charge in [0.15, 0.2) is 0 Å². The van der Waals surface area contributed by atoms with Crippen LogP contribution in [0.25, 0.3) is 0 Å². The van der Waals surface area contributed by atoms with Gasteiger partial charge in [0, 0.05) is 0 Å². The van der Waals surface area contributed by atoms with E-state index in [1.807, 2.05) is 0 Å². The van der Waals surface area contributed by atoms with Gasteiger partial charge in [-0.1, -0.05) is 19.1 Å². The van der Waals surface area contributed by atoms with Gasteiger partial charge in [-0.15, -0.1) is 0 Å². The van der Waals surface area contributed by atoms with Crippen LogP contribution < -0.4 is 10.5 Å². The standard InChI is InChI=1S/C19H21F2N3O2/c1-19(12-5-6-12,9-11-3-7-13(20)8-4-11)10-14-15(21)18(26-2)24-17(23-14)16(22)25/h3-4,7-8,12H,5-6,9-10H2,1-2H3,(H2,22,25)/t19-/m0/s1. The number of benzene rings is 1. The molecule has 0 saturated heterocycles. The summed E-state index contributed by atoms with van der Waals surface area (Å²) in [6, 6.07) is 6.31. The van der Waals surface area contributed by atoms with Gasteiger partial charge in [-0.05, 0) is 54.7 Å². The van der Waals surface area contributed by atoms with E-state index in [-0.39, 0.29) is 28.6 Å². The quantitative estimate of drug-likeness (QED) is 0.822. The van der Waals surface area contributed by atoms with E-state index in [2.05, 4.69) is 16.9 Å². The highest BCUT2D eigenvalue weighted by atomic mass is 19.1. The summed E-state index contributed by atoms with van der Waals surface area (Å²) in [5.74, 6) is -1.95. The number of hydrogen-bond acceptors (Lipinski definition) is 4. The summed E-state index contributed by atoms with van der Waals surface area (Å²) in [5.41, 5.74) is 6.05. The van der Waals surface area contributed by atoms with E-state index in [1.165, 1.54) is 19.2 Å². The highest BCUT2D eigenvalue weighted by molar-refractivity contribution is 5.88. The minimum Gasteiger partial charge on any atom is -0.479 e. The predicted molar refractivity (Wildman–Crippen MR) is 91.7 cm³/mol. The van der Waals surface area contributed by atoms with Crippen LogP contribution in [0.2, 0.25) is 0 Å². The molecule has 1 aromatic heterocycles. The molecule has 1 saturated carbocycles. The zero-order valence-electron chi connectivity index (χ0n) is 14.8. The van der Waals surface area contributed by atoms with Crippen molar-refractivity contribution in [2.75, 3.05) is 7.11 Å². The van der Waals surface area contributed by atoms with Gasteiger partial charge in [0.05, 0.1) is 12.8 Å². The van der Waals surface area contributed by atoms with Crippen molar-refractivity contribution >= 4 is 5.91 Å². The average molecular weight is 361 g/mol. The van der Waals surface area contributed by atoms with Gasteiger partial charge in [-0.25, -0.2) is 9.37 Å². The molecule has 1 aromatic carbocycles. The summed E-state index contributed by atoms with van der Waals surface area (Å²) in [6.45, 7) is 2.06. The Kier molecular flexibility index (Phi) is 4.89. The fourth-order valence-electron chi connectivity index (χ4n) is 3.42. The van der Waals surface area contributed by atoms with Gasteiger partial charge in [-0.2, -0.15) is 9.37 Å². The number of aromatic nitrogens is 2. The van der Waals surface area contributed by atoms with Crippen LogP contribution in [-0.4, -0.2) is 23.0 Å². The smallest absolute Gasteiger partial charge is 0.286 e. The molecule has 2 N–H and O–H groups in total. The summed E-state index contributed by atoms with van der Waals surface area (Å²) in [6.07, 6.45) is 3.05. The number of halogens is 2. The van der Waals surface area contributed by atoms with Crippen LogP contribution in [0.5, 0.6) is 5.88 Å².